The van der Waals surface area contributed by atoms with Crippen molar-refractivity contribution < 1.29 is 18.8 Å². The van der Waals surface area contributed by atoms with Crippen LogP contribution in [0.1, 0.15) is 55.2 Å². The maximum Gasteiger partial charge on any atom is 0.211 e. The van der Waals surface area contributed by atoms with Crippen molar-refractivity contribution in [2.75, 3.05) is 13.2 Å². The molecule has 1 atom stereocenters. The highest BCUT2D eigenvalue weighted by Gasteiger charge is 2.37. The number of pyridine rings is 1. The van der Waals surface area contributed by atoms with E-state index in [0.29, 0.717) is 46.7 Å². The number of hydrogen-bond acceptors (Lipinski definition) is 7. The van der Waals surface area contributed by atoms with Gasteiger partial charge in [-0.15, -0.1) is 5.10 Å². The van der Waals surface area contributed by atoms with Crippen molar-refractivity contribution in [1.82, 2.24) is 29.7 Å². The van der Waals surface area contributed by atoms with Gasteiger partial charge >= 0.3 is 0 Å². The average Bonchev–Trinajstić information content (AvgIpc) is 3.55. The monoisotopic (exact) mass is 518 g/mol. The molecule has 5 aromatic rings. The molecule has 1 saturated heterocycles. The number of aromatic nitrogens is 6. The SMILES string of the molecule is Cc1cccc(C(C2CCOCC2)n2c3cc(-c4c(C)nnn4C)cnc3c3onc(C(C)(C)O)c32)c1F. The largest absolute Gasteiger partial charge is 0.384 e. The van der Waals surface area contributed by atoms with Crippen LogP contribution in [0.25, 0.3) is 33.4 Å². The summed E-state index contributed by atoms with van der Waals surface area (Å²) >= 11 is 0. The van der Waals surface area contributed by atoms with Crippen LogP contribution >= 0.6 is 0 Å². The Hall–Kier alpha value is -3.63. The summed E-state index contributed by atoms with van der Waals surface area (Å²) in [5.41, 5.74) is 5.16. The zero-order valence-corrected chi connectivity index (χ0v) is 22.2. The Kier molecular flexibility index (Phi) is 5.84. The van der Waals surface area contributed by atoms with Crippen LogP contribution in [-0.2, 0) is 17.4 Å². The molecule has 0 spiro atoms. The minimum atomic E-state index is -1.30. The van der Waals surface area contributed by atoms with Crippen LogP contribution in [0.2, 0.25) is 0 Å². The van der Waals surface area contributed by atoms with Crippen LogP contribution in [0.15, 0.2) is 35.0 Å². The highest BCUT2D eigenvalue weighted by molar-refractivity contribution is 6.04. The fraction of sp³-hybridized carbons (Fsp3) is 0.429. The van der Waals surface area contributed by atoms with Crippen LogP contribution in [0.3, 0.4) is 0 Å². The van der Waals surface area contributed by atoms with E-state index in [1.165, 1.54) is 0 Å². The summed E-state index contributed by atoms with van der Waals surface area (Å²) in [6.45, 7) is 8.23. The molecule has 9 nitrogen and oxygen atoms in total. The molecule has 5 heterocycles. The van der Waals surface area contributed by atoms with Gasteiger partial charge in [0.15, 0.2) is 0 Å². The Morgan fingerprint density at radius 1 is 1.18 bits per heavy atom. The van der Waals surface area contributed by atoms with Crippen LogP contribution in [0.5, 0.6) is 0 Å². The quantitative estimate of drug-likeness (QED) is 0.350. The molecule has 0 radical (unpaired) electrons. The summed E-state index contributed by atoms with van der Waals surface area (Å²) in [5, 5.41) is 23.7. The van der Waals surface area contributed by atoms with E-state index in [2.05, 4.69) is 20.0 Å². The molecule has 6 rings (SSSR count). The van der Waals surface area contributed by atoms with Crippen molar-refractivity contribution in [2.45, 2.75) is 52.2 Å². The zero-order valence-electron chi connectivity index (χ0n) is 22.2. The van der Waals surface area contributed by atoms with Crippen LogP contribution in [0, 0.1) is 25.6 Å². The number of benzene rings is 1. The molecule has 198 valence electrons. The molecule has 1 unspecified atom stereocenters. The van der Waals surface area contributed by atoms with Crippen molar-refractivity contribution in [3.63, 3.8) is 0 Å². The van der Waals surface area contributed by atoms with E-state index in [-0.39, 0.29) is 11.7 Å². The Morgan fingerprint density at radius 2 is 1.95 bits per heavy atom. The topological polar surface area (TPSA) is 104 Å². The second-order valence-corrected chi connectivity index (χ2v) is 10.7. The van der Waals surface area contributed by atoms with Crippen molar-refractivity contribution in [1.29, 1.82) is 0 Å². The first kappa shape index (κ1) is 24.7. The van der Waals surface area contributed by atoms with E-state index in [4.69, 9.17) is 14.2 Å². The summed E-state index contributed by atoms with van der Waals surface area (Å²) in [5.74, 6) is -0.164. The summed E-state index contributed by atoms with van der Waals surface area (Å²) in [6, 6.07) is 7.15. The van der Waals surface area contributed by atoms with Gasteiger partial charge in [0, 0.05) is 37.6 Å². The summed E-state index contributed by atoms with van der Waals surface area (Å²) < 4.78 is 31.2. The van der Waals surface area contributed by atoms with E-state index < -0.39 is 11.6 Å². The lowest BCUT2D eigenvalue weighted by atomic mass is 9.85. The molecule has 1 aromatic carbocycles. The van der Waals surface area contributed by atoms with Crippen molar-refractivity contribution in [2.24, 2.45) is 13.0 Å². The van der Waals surface area contributed by atoms with E-state index in [1.54, 1.807) is 37.7 Å². The lowest BCUT2D eigenvalue weighted by Gasteiger charge is -2.33. The maximum atomic E-state index is 15.9. The predicted molar refractivity (Wildman–Crippen MR) is 140 cm³/mol. The van der Waals surface area contributed by atoms with Gasteiger partial charge in [-0.25, -0.2) is 14.1 Å². The number of hydrogen-bond donors (Lipinski definition) is 1. The summed E-state index contributed by atoms with van der Waals surface area (Å²) in [7, 11) is 1.84. The van der Waals surface area contributed by atoms with Gasteiger partial charge in [-0.1, -0.05) is 28.6 Å². The van der Waals surface area contributed by atoms with E-state index >= 15 is 4.39 Å². The first-order valence-electron chi connectivity index (χ1n) is 12.9. The zero-order chi connectivity index (χ0) is 26.8. The molecule has 0 amide bonds. The van der Waals surface area contributed by atoms with E-state index in [0.717, 1.165) is 35.3 Å². The number of ether oxygens (including phenoxy) is 1. The molecular weight excluding hydrogens is 487 g/mol. The van der Waals surface area contributed by atoms with Gasteiger partial charge in [0.05, 0.1) is 22.9 Å². The van der Waals surface area contributed by atoms with Crippen LogP contribution in [0.4, 0.5) is 4.39 Å². The molecule has 1 aliphatic rings. The van der Waals surface area contributed by atoms with Gasteiger partial charge in [0.1, 0.15) is 28.1 Å². The minimum absolute atomic E-state index is 0.0761. The van der Waals surface area contributed by atoms with Crippen molar-refractivity contribution in [3.05, 3.63) is 58.8 Å². The highest BCUT2D eigenvalue weighted by Crippen LogP contribution is 2.44. The Labute approximate surface area is 219 Å². The fourth-order valence-electron chi connectivity index (χ4n) is 5.81. The molecule has 4 aromatic heterocycles. The second kappa shape index (κ2) is 8.99. The number of fused-ring (bicyclic) bond motifs is 3. The van der Waals surface area contributed by atoms with Crippen LogP contribution < -0.4 is 0 Å². The molecule has 0 bridgehead atoms. The minimum Gasteiger partial charge on any atom is -0.384 e. The van der Waals surface area contributed by atoms with Gasteiger partial charge in [0.2, 0.25) is 5.58 Å². The molecule has 0 saturated carbocycles. The Balaban J connectivity index is 1.73. The lowest BCUT2D eigenvalue weighted by Crippen LogP contribution is -2.28. The van der Waals surface area contributed by atoms with Crippen molar-refractivity contribution in [3.8, 4) is 11.3 Å². The van der Waals surface area contributed by atoms with E-state index in [9.17, 15) is 5.11 Å². The Morgan fingerprint density at radius 3 is 2.63 bits per heavy atom. The molecular formula is C28H31FN6O3. The number of rotatable bonds is 5. The second-order valence-electron chi connectivity index (χ2n) is 10.7. The molecule has 10 heteroatoms. The van der Waals surface area contributed by atoms with Gasteiger partial charge in [-0.2, -0.15) is 0 Å². The standard InChI is InChI=1S/C28H31FN6O3/c1-15-7-6-8-19(21(15)29)24(17-9-11-37-12-10-17)35-20-13-18(23-16(2)31-33-34(23)5)14-30-22(20)26-25(35)27(32-38-26)28(3,4)36/h6-8,13-14,17,24,36H,9-12H2,1-5H3. The van der Waals surface area contributed by atoms with Gasteiger partial charge in [0.25, 0.3) is 0 Å². The molecule has 38 heavy (non-hydrogen) atoms. The first-order valence-corrected chi connectivity index (χ1v) is 12.9. The number of nitrogens with zero attached hydrogens (tertiary/aromatic N) is 6. The predicted octanol–water partition coefficient (Wildman–Crippen LogP) is 4.97. The third kappa shape index (κ3) is 3.82. The van der Waals surface area contributed by atoms with Gasteiger partial charge in [-0.3, -0.25) is 0 Å². The highest BCUT2D eigenvalue weighted by atomic mass is 19.1. The smallest absolute Gasteiger partial charge is 0.211 e. The maximum absolute atomic E-state index is 15.9. The summed E-state index contributed by atoms with van der Waals surface area (Å²) in [6.07, 6.45) is 3.29. The third-order valence-corrected chi connectivity index (χ3v) is 7.63. The molecule has 1 aliphatic heterocycles. The fourth-order valence-corrected chi connectivity index (χ4v) is 5.81. The Bertz CT molecular complexity index is 1640. The number of halogens is 1. The lowest BCUT2D eigenvalue weighted by molar-refractivity contribution is 0.0542. The number of aryl methyl sites for hydroxylation is 3. The molecule has 0 aliphatic carbocycles. The summed E-state index contributed by atoms with van der Waals surface area (Å²) in [4.78, 5) is 4.80. The van der Waals surface area contributed by atoms with Crippen molar-refractivity contribution >= 4 is 22.1 Å². The van der Waals surface area contributed by atoms with Gasteiger partial charge < -0.3 is 18.9 Å². The van der Waals surface area contributed by atoms with Crippen LogP contribution in [-0.4, -0.2) is 48.0 Å². The molecule has 1 fully saturated rings. The average molecular weight is 519 g/mol. The van der Waals surface area contributed by atoms with E-state index in [1.807, 2.05) is 32.2 Å². The number of aliphatic hydroxyl groups is 1. The molecule has 1 N–H and O–H groups in total. The third-order valence-electron chi connectivity index (χ3n) is 7.63. The van der Waals surface area contributed by atoms with Gasteiger partial charge in [-0.05, 0) is 58.1 Å². The first-order chi connectivity index (χ1) is 18.2. The normalized spacial score (nSPS) is 16.1.